The van der Waals surface area contributed by atoms with Gasteiger partial charge in [-0.3, -0.25) is 4.98 Å². The maximum atomic E-state index is 6.68. The number of fused-ring (bicyclic) bond motifs is 1. The molecule has 1 saturated heterocycles. The number of aromatic nitrogens is 3. The summed E-state index contributed by atoms with van der Waals surface area (Å²) >= 11 is 6.68. The second-order valence-electron chi connectivity index (χ2n) is 6.91. The number of aryl methyl sites for hydroxylation is 1. The van der Waals surface area contributed by atoms with Crippen LogP contribution in [0.25, 0.3) is 22.3 Å². The lowest BCUT2D eigenvalue weighted by atomic mass is 10.1. The number of methoxy groups -OCH3 is 2. The number of ether oxygens (including phenoxy) is 3. The molecule has 0 atom stereocenters. The van der Waals surface area contributed by atoms with Crippen LogP contribution in [-0.4, -0.2) is 55.5 Å². The van der Waals surface area contributed by atoms with Crippen molar-refractivity contribution in [3.63, 3.8) is 0 Å². The van der Waals surface area contributed by atoms with Gasteiger partial charge in [0.05, 0.1) is 44.2 Å². The Bertz CT molecular complexity index is 1040. The zero-order valence-corrected chi connectivity index (χ0v) is 17.7. The van der Waals surface area contributed by atoms with Gasteiger partial charge in [0.2, 0.25) is 0 Å². The van der Waals surface area contributed by atoms with E-state index < -0.39 is 0 Å². The molecule has 3 heterocycles. The SMILES string of the molecule is COc1cc(OC)c(Cl)c(-c2nc(N3CCOCC3)c3cc(C)ncc3n2)c1C. The van der Waals surface area contributed by atoms with Gasteiger partial charge < -0.3 is 19.1 Å². The minimum atomic E-state index is 0.457. The van der Waals surface area contributed by atoms with Gasteiger partial charge in [-0.25, -0.2) is 9.97 Å². The zero-order valence-electron chi connectivity index (χ0n) is 17.0. The monoisotopic (exact) mass is 414 g/mol. The number of anilines is 1. The van der Waals surface area contributed by atoms with E-state index in [-0.39, 0.29) is 0 Å². The fourth-order valence-electron chi connectivity index (χ4n) is 3.58. The van der Waals surface area contributed by atoms with Crippen LogP contribution < -0.4 is 14.4 Å². The Balaban J connectivity index is 1.99. The molecule has 1 fully saturated rings. The van der Waals surface area contributed by atoms with Crippen LogP contribution in [0.1, 0.15) is 11.3 Å². The summed E-state index contributed by atoms with van der Waals surface area (Å²) in [6, 6.07) is 3.79. The Kier molecular flexibility index (Phi) is 5.43. The number of hydrogen-bond donors (Lipinski definition) is 0. The Morgan fingerprint density at radius 2 is 1.76 bits per heavy atom. The molecule has 29 heavy (non-hydrogen) atoms. The Hall–Kier alpha value is -2.64. The van der Waals surface area contributed by atoms with E-state index in [0.717, 1.165) is 41.1 Å². The molecule has 0 N–H and O–H groups in total. The third-order valence-electron chi connectivity index (χ3n) is 5.12. The maximum absolute atomic E-state index is 6.68. The van der Waals surface area contributed by atoms with Crippen LogP contribution in [0.5, 0.6) is 11.5 Å². The van der Waals surface area contributed by atoms with Gasteiger partial charge in [0.25, 0.3) is 0 Å². The van der Waals surface area contributed by atoms with Crippen LogP contribution in [0.4, 0.5) is 5.82 Å². The first-order valence-electron chi connectivity index (χ1n) is 9.42. The Labute approximate surface area is 174 Å². The number of morpholine rings is 1. The largest absolute Gasteiger partial charge is 0.496 e. The van der Waals surface area contributed by atoms with Gasteiger partial charge in [-0.15, -0.1) is 0 Å². The maximum Gasteiger partial charge on any atom is 0.164 e. The summed E-state index contributed by atoms with van der Waals surface area (Å²) in [7, 11) is 3.19. The van der Waals surface area contributed by atoms with Gasteiger partial charge in [-0.1, -0.05) is 11.6 Å². The van der Waals surface area contributed by atoms with Gasteiger partial charge in [-0.2, -0.15) is 0 Å². The summed E-state index contributed by atoms with van der Waals surface area (Å²) in [6.07, 6.45) is 1.78. The first kappa shape index (κ1) is 19.7. The Morgan fingerprint density at radius 1 is 1.03 bits per heavy atom. The molecule has 152 valence electrons. The third-order valence-corrected chi connectivity index (χ3v) is 5.49. The molecule has 0 bridgehead atoms. The van der Waals surface area contributed by atoms with Crippen LogP contribution >= 0.6 is 11.6 Å². The van der Waals surface area contributed by atoms with E-state index in [4.69, 9.17) is 35.8 Å². The predicted molar refractivity (Wildman–Crippen MR) is 113 cm³/mol. The molecule has 1 aliphatic heterocycles. The minimum absolute atomic E-state index is 0.457. The lowest BCUT2D eigenvalue weighted by molar-refractivity contribution is 0.122. The fraction of sp³-hybridized carbons (Fsp3) is 0.381. The quantitative estimate of drug-likeness (QED) is 0.642. The second-order valence-corrected chi connectivity index (χ2v) is 7.29. The summed E-state index contributed by atoms with van der Waals surface area (Å²) in [5, 5.41) is 1.42. The molecule has 0 spiro atoms. The molecule has 0 radical (unpaired) electrons. The molecule has 0 unspecified atom stereocenters. The van der Waals surface area contributed by atoms with Gasteiger partial charge >= 0.3 is 0 Å². The lowest BCUT2D eigenvalue weighted by Gasteiger charge is -2.29. The molecular weight excluding hydrogens is 392 g/mol. The highest BCUT2D eigenvalue weighted by atomic mass is 35.5. The molecule has 1 aromatic carbocycles. The molecule has 0 saturated carbocycles. The van der Waals surface area contributed by atoms with Crippen molar-refractivity contribution in [2.24, 2.45) is 0 Å². The molecule has 8 heteroatoms. The van der Waals surface area contributed by atoms with Crippen LogP contribution in [0.3, 0.4) is 0 Å². The summed E-state index contributed by atoms with van der Waals surface area (Å²) < 4.78 is 16.5. The topological polar surface area (TPSA) is 69.6 Å². The number of halogens is 1. The van der Waals surface area contributed by atoms with E-state index in [1.807, 2.05) is 19.9 Å². The van der Waals surface area contributed by atoms with E-state index in [1.165, 1.54) is 0 Å². The van der Waals surface area contributed by atoms with Crippen LogP contribution in [-0.2, 0) is 4.74 Å². The molecule has 0 aliphatic carbocycles. The molecule has 7 nitrogen and oxygen atoms in total. The van der Waals surface area contributed by atoms with Crippen molar-refractivity contribution in [3.8, 4) is 22.9 Å². The Morgan fingerprint density at radius 3 is 2.45 bits per heavy atom. The van der Waals surface area contributed by atoms with Gasteiger partial charge in [0.1, 0.15) is 17.3 Å². The summed E-state index contributed by atoms with van der Waals surface area (Å²) in [6.45, 7) is 6.76. The highest BCUT2D eigenvalue weighted by molar-refractivity contribution is 6.35. The van der Waals surface area contributed by atoms with Crippen molar-refractivity contribution in [1.29, 1.82) is 0 Å². The van der Waals surface area contributed by atoms with Crippen LogP contribution in [0, 0.1) is 13.8 Å². The van der Waals surface area contributed by atoms with Crippen LogP contribution in [0.2, 0.25) is 5.02 Å². The summed E-state index contributed by atoms with van der Waals surface area (Å²) in [5.74, 6) is 2.56. The van der Waals surface area contributed by atoms with Gasteiger partial charge in [-0.05, 0) is 19.9 Å². The highest BCUT2D eigenvalue weighted by Gasteiger charge is 2.23. The van der Waals surface area contributed by atoms with Gasteiger partial charge in [0.15, 0.2) is 5.82 Å². The first-order chi connectivity index (χ1) is 14.0. The minimum Gasteiger partial charge on any atom is -0.496 e. The first-order valence-corrected chi connectivity index (χ1v) is 9.79. The van der Waals surface area contributed by atoms with E-state index in [2.05, 4.69) is 9.88 Å². The number of nitrogens with zero attached hydrogens (tertiary/aromatic N) is 4. The summed E-state index contributed by atoms with van der Waals surface area (Å²) in [4.78, 5) is 16.4. The molecule has 3 aromatic rings. The zero-order chi connectivity index (χ0) is 20.5. The fourth-order valence-corrected chi connectivity index (χ4v) is 3.93. The number of pyridine rings is 1. The van der Waals surface area contributed by atoms with Crippen molar-refractivity contribution >= 4 is 28.3 Å². The van der Waals surface area contributed by atoms with E-state index >= 15 is 0 Å². The van der Waals surface area contributed by atoms with E-state index in [0.29, 0.717) is 41.1 Å². The van der Waals surface area contributed by atoms with Crippen molar-refractivity contribution < 1.29 is 14.2 Å². The average Bonchev–Trinajstić information content (AvgIpc) is 2.74. The second kappa shape index (κ2) is 8.00. The molecule has 4 rings (SSSR count). The number of hydrogen-bond acceptors (Lipinski definition) is 7. The standard InChI is InChI=1S/C21H23ClN4O3/c1-12-9-14-15(11-23-12)24-20(25-21(14)26-5-7-29-8-6-26)18-13(2)16(27-3)10-17(28-4)19(18)22/h9-11H,5-8H2,1-4H3. The van der Waals surface area contributed by atoms with Crippen molar-refractivity contribution in [1.82, 2.24) is 15.0 Å². The van der Waals surface area contributed by atoms with Crippen molar-refractivity contribution in [3.05, 3.63) is 34.6 Å². The van der Waals surface area contributed by atoms with E-state index in [9.17, 15) is 0 Å². The average molecular weight is 415 g/mol. The smallest absolute Gasteiger partial charge is 0.164 e. The molecule has 0 amide bonds. The number of benzene rings is 1. The van der Waals surface area contributed by atoms with Crippen molar-refractivity contribution in [2.75, 3.05) is 45.4 Å². The predicted octanol–water partition coefficient (Wildman–Crippen LogP) is 3.82. The molecular formula is C21H23ClN4O3. The number of rotatable bonds is 4. The normalized spacial score (nSPS) is 14.3. The van der Waals surface area contributed by atoms with Crippen molar-refractivity contribution in [2.45, 2.75) is 13.8 Å². The lowest BCUT2D eigenvalue weighted by Crippen LogP contribution is -2.37. The molecule has 1 aliphatic rings. The molecule has 2 aromatic heterocycles. The van der Waals surface area contributed by atoms with Crippen LogP contribution in [0.15, 0.2) is 18.3 Å². The third kappa shape index (κ3) is 3.56. The van der Waals surface area contributed by atoms with E-state index in [1.54, 1.807) is 26.5 Å². The summed E-state index contributed by atoms with van der Waals surface area (Å²) in [5.41, 5.74) is 3.23. The highest BCUT2D eigenvalue weighted by Crippen LogP contribution is 2.42. The van der Waals surface area contributed by atoms with Gasteiger partial charge in [0, 0.05) is 41.4 Å².